The van der Waals surface area contributed by atoms with E-state index >= 15 is 0 Å². The average molecular weight is 170 g/mol. The van der Waals surface area contributed by atoms with Gasteiger partial charge in [-0.1, -0.05) is 6.92 Å². The number of nitriles is 1. The second-order valence-corrected chi connectivity index (χ2v) is 2.68. The number of aliphatic hydroxyl groups is 1. The summed E-state index contributed by atoms with van der Waals surface area (Å²) < 4.78 is 0. The number of hydrogen-bond acceptors (Lipinski definition) is 3. The third kappa shape index (κ3) is 3.94. The van der Waals surface area contributed by atoms with Gasteiger partial charge in [0.25, 0.3) is 0 Å². The van der Waals surface area contributed by atoms with E-state index in [4.69, 9.17) is 10.4 Å². The predicted octanol–water partition coefficient (Wildman–Crippen LogP) is 0.0332. The van der Waals surface area contributed by atoms with Crippen LogP contribution in [0.1, 0.15) is 20.3 Å². The maximum absolute atomic E-state index is 11.1. The summed E-state index contributed by atoms with van der Waals surface area (Å²) in [4.78, 5) is 11.1. The molecule has 0 radical (unpaired) electrons. The van der Waals surface area contributed by atoms with Gasteiger partial charge in [-0.3, -0.25) is 4.79 Å². The fraction of sp³-hybridized carbons (Fsp3) is 0.750. The lowest BCUT2D eigenvalue weighted by atomic mass is 10.1. The van der Waals surface area contributed by atoms with E-state index < -0.39 is 12.0 Å². The van der Waals surface area contributed by atoms with Crippen molar-refractivity contribution in [3.63, 3.8) is 0 Å². The Morgan fingerprint density at radius 1 is 1.75 bits per heavy atom. The molecule has 0 aromatic rings. The number of aliphatic hydroxyl groups excluding tert-OH is 1. The van der Waals surface area contributed by atoms with Gasteiger partial charge in [0.2, 0.25) is 5.91 Å². The zero-order valence-corrected chi connectivity index (χ0v) is 7.37. The SMILES string of the molecule is CCC(C#N)C(=O)NCC(C)O. The molecular weight excluding hydrogens is 156 g/mol. The smallest absolute Gasteiger partial charge is 0.237 e. The molecule has 2 N–H and O–H groups in total. The Hall–Kier alpha value is -1.08. The van der Waals surface area contributed by atoms with Gasteiger partial charge in [0.05, 0.1) is 12.2 Å². The zero-order valence-electron chi connectivity index (χ0n) is 7.37. The summed E-state index contributed by atoms with van der Waals surface area (Å²) in [7, 11) is 0. The van der Waals surface area contributed by atoms with Crippen LogP contribution in [0.2, 0.25) is 0 Å². The van der Waals surface area contributed by atoms with Gasteiger partial charge in [0, 0.05) is 6.54 Å². The Morgan fingerprint density at radius 2 is 2.33 bits per heavy atom. The summed E-state index contributed by atoms with van der Waals surface area (Å²) in [6, 6.07) is 1.88. The van der Waals surface area contributed by atoms with Crippen LogP contribution in [0.5, 0.6) is 0 Å². The number of carbonyl (C=O) groups is 1. The van der Waals surface area contributed by atoms with E-state index in [1.165, 1.54) is 0 Å². The molecule has 0 saturated carbocycles. The van der Waals surface area contributed by atoms with E-state index in [0.717, 1.165) is 0 Å². The number of rotatable bonds is 4. The topological polar surface area (TPSA) is 73.1 Å². The molecule has 0 heterocycles. The lowest BCUT2D eigenvalue weighted by Crippen LogP contribution is -2.34. The predicted molar refractivity (Wildman–Crippen MR) is 44.1 cm³/mol. The van der Waals surface area contributed by atoms with E-state index in [1.54, 1.807) is 13.8 Å². The first-order valence-electron chi connectivity index (χ1n) is 3.97. The zero-order chi connectivity index (χ0) is 9.56. The minimum atomic E-state index is -0.594. The van der Waals surface area contributed by atoms with Gasteiger partial charge in [-0.25, -0.2) is 0 Å². The second kappa shape index (κ2) is 5.56. The monoisotopic (exact) mass is 170 g/mol. The summed E-state index contributed by atoms with van der Waals surface area (Å²) in [5.74, 6) is -0.898. The second-order valence-electron chi connectivity index (χ2n) is 2.68. The van der Waals surface area contributed by atoms with Crippen LogP contribution in [0.3, 0.4) is 0 Å². The molecule has 0 aliphatic carbocycles. The van der Waals surface area contributed by atoms with Crippen LogP contribution < -0.4 is 5.32 Å². The molecule has 4 nitrogen and oxygen atoms in total. The fourth-order valence-corrected chi connectivity index (χ4v) is 0.707. The lowest BCUT2D eigenvalue weighted by Gasteiger charge is -2.09. The first-order valence-corrected chi connectivity index (χ1v) is 3.97. The number of amides is 1. The van der Waals surface area contributed by atoms with Gasteiger partial charge in [-0.15, -0.1) is 0 Å². The Bertz CT molecular complexity index is 184. The molecule has 4 heteroatoms. The molecule has 0 bridgehead atoms. The van der Waals surface area contributed by atoms with Crippen molar-refractivity contribution >= 4 is 5.91 Å². The minimum absolute atomic E-state index is 0.205. The fourth-order valence-electron chi connectivity index (χ4n) is 0.707. The summed E-state index contributed by atoms with van der Waals surface area (Å²) in [6.45, 7) is 3.56. The minimum Gasteiger partial charge on any atom is -0.392 e. The van der Waals surface area contributed by atoms with E-state index in [2.05, 4.69) is 5.32 Å². The Kier molecular flexibility index (Phi) is 5.06. The number of carbonyl (C=O) groups excluding carboxylic acids is 1. The first kappa shape index (κ1) is 10.9. The van der Waals surface area contributed by atoms with Crippen LogP contribution in [0.25, 0.3) is 0 Å². The molecule has 0 aliphatic rings. The van der Waals surface area contributed by atoms with Crippen molar-refractivity contribution in [1.82, 2.24) is 5.32 Å². The number of nitrogens with one attached hydrogen (secondary N) is 1. The van der Waals surface area contributed by atoms with Crippen LogP contribution in [-0.4, -0.2) is 23.7 Å². The van der Waals surface area contributed by atoms with Crippen molar-refractivity contribution < 1.29 is 9.90 Å². The van der Waals surface area contributed by atoms with Crippen LogP contribution in [0.15, 0.2) is 0 Å². The highest BCUT2D eigenvalue weighted by atomic mass is 16.3. The van der Waals surface area contributed by atoms with Crippen molar-refractivity contribution in [3.8, 4) is 6.07 Å². The Labute approximate surface area is 72.2 Å². The van der Waals surface area contributed by atoms with Crippen molar-refractivity contribution in [2.75, 3.05) is 6.54 Å². The van der Waals surface area contributed by atoms with Crippen molar-refractivity contribution in [3.05, 3.63) is 0 Å². The molecule has 1 amide bonds. The quantitative estimate of drug-likeness (QED) is 0.625. The Morgan fingerprint density at radius 3 is 2.67 bits per heavy atom. The number of hydrogen-bond donors (Lipinski definition) is 2. The molecule has 68 valence electrons. The lowest BCUT2D eigenvalue weighted by molar-refractivity contribution is -0.123. The molecule has 0 rings (SSSR count). The summed E-state index contributed by atoms with van der Waals surface area (Å²) in [5.41, 5.74) is 0. The highest BCUT2D eigenvalue weighted by Crippen LogP contribution is 1.99. The van der Waals surface area contributed by atoms with E-state index in [-0.39, 0.29) is 12.5 Å². The van der Waals surface area contributed by atoms with Gasteiger partial charge >= 0.3 is 0 Å². The standard InChI is InChI=1S/C8H14N2O2/c1-3-7(4-9)8(12)10-5-6(2)11/h6-7,11H,3,5H2,1-2H3,(H,10,12). The normalized spacial score (nSPS) is 14.5. The van der Waals surface area contributed by atoms with E-state index in [9.17, 15) is 4.79 Å². The van der Waals surface area contributed by atoms with Gasteiger partial charge in [-0.2, -0.15) is 5.26 Å². The third-order valence-corrected chi connectivity index (χ3v) is 1.45. The summed E-state index contributed by atoms with van der Waals surface area (Å²) in [5, 5.41) is 19.8. The van der Waals surface area contributed by atoms with Crippen LogP contribution in [0, 0.1) is 17.2 Å². The van der Waals surface area contributed by atoms with Crippen molar-refractivity contribution in [1.29, 1.82) is 5.26 Å². The molecule has 2 unspecified atom stereocenters. The molecular formula is C8H14N2O2. The summed E-state index contributed by atoms with van der Waals surface area (Å²) in [6.07, 6.45) is -0.0626. The highest BCUT2D eigenvalue weighted by molar-refractivity contribution is 5.80. The molecule has 0 saturated heterocycles. The van der Waals surface area contributed by atoms with Crippen LogP contribution in [0.4, 0.5) is 0 Å². The third-order valence-electron chi connectivity index (χ3n) is 1.45. The largest absolute Gasteiger partial charge is 0.392 e. The van der Waals surface area contributed by atoms with Crippen LogP contribution >= 0.6 is 0 Å². The maximum Gasteiger partial charge on any atom is 0.237 e. The van der Waals surface area contributed by atoms with Gasteiger partial charge in [-0.05, 0) is 13.3 Å². The number of nitrogens with zero attached hydrogens (tertiary/aromatic N) is 1. The summed E-state index contributed by atoms with van der Waals surface area (Å²) >= 11 is 0. The van der Waals surface area contributed by atoms with Crippen LogP contribution in [-0.2, 0) is 4.79 Å². The maximum atomic E-state index is 11.1. The van der Waals surface area contributed by atoms with Gasteiger partial charge in [0.15, 0.2) is 0 Å². The van der Waals surface area contributed by atoms with Gasteiger partial charge < -0.3 is 10.4 Å². The molecule has 0 spiro atoms. The van der Waals surface area contributed by atoms with Crippen molar-refractivity contribution in [2.24, 2.45) is 5.92 Å². The molecule has 0 aliphatic heterocycles. The van der Waals surface area contributed by atoms with E-state index in [1.807, 2.05) is 6.07 Å². The molecule has 0 fully saturated rings. The molecule has 2 atom stereocenters. The molecule has 12 heavy (non-hydrogen) atoms. The first-order chi connectivity index (χ1) is 5.61. The highest BCUT2D eigenvalue weighted by Gasteiger charge is 2.14. The van der Waals surface area contributed by atoms with E-state index in [0.29, 0.717) is 6.42 Å². The van der Waals surface area contributed by atoms with Crippen molar-refractivity contribution in [2.45, 2.75) is 26.4 Å². The molecule has 0 aromatic carbocycles. The molecule has 0 aromatic heterocycles. The van der Waals surface area contributed by atoms with Gasteiger partial charge in [0.1, 0.15) is 5.92 Å². The average Bonchev–Trinajstić information content (AvgIpc) is 2.03. The Balaban J connectivity index is 3.79.